The molecule has 130 valence electrons. The second-order valence-electron chi connectivity index (χ2n) is 6.20. The summed E-state index contributed by atoms with van der Waals surface area (Å²) in [7, 11) is 1.93. The predicted octanol–water partition coefficient (Wildman–Crippen LogP) is 3.05. The van der Waals surface area contributed by atoms with Crippen LogP contribution in [0.4, 0.5) is 0 Å². The van der Waals surface area contributed by atoms with Crippen LogP contribution < -0.4 is 0 Å². The molecule has 2 aromatic rings. The van der Waals surface area contributed by atoms with Crippen LogP contribution in [0.15, 0.2) is 22.7 Å². The SMILES string of the molecule is CC(Sc1nnnn1Cc1cccs1)C(=O)N(C)C1CCCCC1. The van der Waals surface area contributed by atoms with Gasteiger partial charge in [-0.2, -0.15) is 0 Å². The highest BCUT2D eigenvalue weighted by Gasteiger charge is 2.27. The van der Waals surface area contributed by atoms with Gasteiger partial charge in [-0.15, -0.1) is 16.4 Å². The van der Waals surface area contributed by atoms with Gasteiger partial charge in [0, 0.05) is 18.0 Å². The normalized spacial score (nSPS) is 16.9. The fraction of sp³-hybridized carbons (Fsp3) is 0.625. The van der Waals surface area contributed by atoms with Gasteiger partial charge in [-0.1, -0.05) is 37.1 Å². The molecule has 6 nitrogen and oxygen atoms in total. The van der Waals surface area contributed by atoms with Crippen LogP contribution in [-0.4, -0.2) is 49.4 Å². The molecule has 3 rings (SSSR count). The molecule has 0 bridgehead atoms. The van der Waals surface area contributed by atoms with E-state index in [1.807, 2.05) is 30.3 Å². The molecular formula is C16H23N5OS2. The van der Waals surface area contributed by atoms with Crippen LogP contribution in [0.1, 0.15) is 43.9 Å². The van der Waals surface area contributed by atoms with E-state index in [4.69, 9.17) is 0 Å². The molecule has 0 radical (unpaired) electrons. The van der Waals surface area contributed by atoms with Gasteiger partial charge in [0.05, 0.1) is 11.8 Å². The van der Waals surface area contributed by atoms with Gasteiger partial charge >= 0.3 is 0 Å². The van der Waals surface area contributed by atoms with Gasteiger partial charge in [0.15, 0.2) is 0 Å². The van der Waals surface area contributed by atoms with Crippen LogP contribution in [0, 0.1) is 0 Å². The van der Waals surface area contributed by atoms with Crippen LogP contribution in [0.2, 0.25) is 0 Å². The van der Waals surface area contributed by atoms with Gasteiger partial charge in [0.25, 0.3) is 0 Å². The van der Waals surface area contributed by atoms with Crippen molar-refractivity contribution < 1.29 is 4.79 Å². The number of hydrogen-bond acceptors (Lipinski definition) is 6. The van der Waals surface area contributed by atoms with Crippen molar-refractivity contribution in [3.63, 3.8) is 0 Å². The summed E-state index contributed by atoms with van der Waals surface area (Å²) in [5.74, 6) is 0.164. The minimum atomic E-state index is -0.190. The number of amides is 1. The van der Waals surface area contributed by atoms with Crippen molar-refractivity contribution in [2.24, 2.45) is 0 Å². The highest BCUT2D eigenvalue weighted by atomic mass is 32.2. The van der Waals surface area contributed by atoms with Crippen molar-refractivity contribution in [3.8, 4) is 0 Å². The van der Waals surface area contributed by atoms with Gasteiger partial charge in [-0.25, -0.2) is 4.68 Å². The summed E-state index contributed by atoms with van der Waals surface area (Å²) in [4.78, 5) is 15.9. The maximum absolute atomic E-state index is 12.7. The third-order valence-corrected chi connectivity index (χ3v) is 6.40. The molecule has 0 saturated heterocycles. The average Bonchev–Trinajstić information content (AvgIpc) is 3.27. The Kier molecular flexibility index (Phi) is 5.89. The molecule has 8 heteroatoms. The number of aromatic nitrogens is 4. The fourth-order valence-electron chi connectivity index (χ4n) is 3.07. The first kappa shape index (κ1) is 17.4. The number of thiophene rings is 1. The molecule has 2 aromatic heterocycles. The molecular weight excluding hydrogens is 342 g/mol. The number of thioether (sulfide) groups is 1. The van der Waals surface area contributed by atoms with Crippen LogP contribution in [0.3, 0.4) is 0 Å². The Bertz CT molecular complexity index is 651. The Morgan fingerprint density at radius 1 is 1.46 bits per heavy atom. The van der Waals surface area contributed by atoms with E-state index >= 15 is 0 Å². The lowest BCUT2D eigenvalue weighted by Crippen LogP contribution is -2.42. The number of carbonyl (C=O) groups excluding carboxylic acids is 1. The van der Waals surface area contributed by atoms with Crippen LogP contribution >= 0.6 is 23.1 Å². The topological polar surface area (TPSA) is 63.9 Å². The standard InChI is InChI=1S/C16H23N5OS2/c1-12(15(22)20(2)13-7-4-3-5-8-13)24-16-17-18-19-21(16)11-14-9-6-10-23-14/h6,9-10,12-13H,3-5,7-8,11H2,1-2H3. The Balaban J connectivity index is 1.61. The van der Waals surface area contributed by atoms with Crippen LogP contribution in [0.5, 0.6) is 0 Å². The largest absolute Gasteiger partial charge is 0.342 e. The summed E-state index contributed by atoms with van der Waals surface area (Å²) in [5, 5.41) is 14.5. The molecule has 1 amide bonds. The average molecular weight is 366 g/mol. The molecule has 1 atom stereocenters. The van der Waals surface area contributed by atoms with Gasteiger partial charge < -0.3 is 4.90 Å². The van der Waals surface area contributed by atoms with Crippen molar-refractivity contribution in [1.29, 1.82) is 0 Å². The minimum absolute atomic E-state index is 0.164. The summed E-state index contributed by atoms with van der Waals surface area (Å²) in [6, 6.07) is 4.46. The summed E-state index contributed by atoms with van der Waals surface area (Å²) in [6.07, 6.45) is 5.98. The Labute approximate surface area is 150 Å². The van der Waals surface area contributed by atoms with E-state index in [0.29, 0.717) is 17.7 Å². The van der Waals surface area contributed by atoms with Gasteiger partial charge in [-0.05, 0) is 41.6 Å². The predicted molar refractivity (Wildman–Crippen MR) is 96.2 cm³/mol. The molecule has 1 unspecified atom stereocenters. The number of rotatable bonds is 6. The molecule has 2 heterocycles. The first-order chi connectivity index (χ1) is 11.6. The van der Waals surface area contributed by atoms with Crippen molar-refractivity contribution >= 4 is 29.0 Å². The van der Waals surface area contributed by atoms with Gasteiger partial charge in [-0.3, -0.25) is 4.79 Å². The highest BCUT2D eigenvalue weighted by Crippen LogP contribution is 2.26. The Morgan fingerprint density at radius 3 is 2.96 bits per heavy atom. The second-order valence-corrected chi connectivity index (χ2v) is 8.54. The lowest BCUT2D eigenvalue weighted by atomic mass is 9.94. The summed E-state index contributed by atoms with van der Waals surface area (Å²) in [6.45, 7) is 2.59. The number of nitrogens with zero attached hydrogens (tertiary/aromatic N) is 5. The molecule has 1 fully saturated rings. The molecule has 1 aliphatic rings. The summed E-state index contributed by atoms with van der Waals surface area (Å²) >= 11 is 3.12. The molecule has 1 saturated carbocycles. The van der Waals surface area contributed by atoms with E-state index < -0.39 is 0 Å². The van der Waals surface area contributed by atoms with Crippen molar-refractivity contribution in [2.75, 3.05) is 7.05 Å². The van der Waals surface area contributed by atoms with Crippen molar-refractivity contribution in [1.82, 2.24) is 25.1 Å². The van der Waals surface area contributed by atoms with E-state index in [0.717, 1.165) is 12.8 Å². The van der Waals surface area contributed by atoms with Crippen molar-refractivity contribution in [3.05, 3.63) is 22.4 Å². The van der Waals surface area contributed by atoms with E-state index in [1.165, 1.54) is 35.9 Å². The number of carbonyl (C=O) groups is 1. The van der Waals surface area contributed by atoms with E-state index in [2.05, 4.69) is 21.6 Å². The zero-order valence-electron chi connectivity index (χ0n) is 14.1. The lowest BCUT2D eigenvalue weighted by Gasteiger charge is -2.32. The van der Waals surface area contributed by atoms with Gasteiger partial charge in [0.2, 0.25) is 11.1 Å². The minimum Gasteiger partial charge on any atom is -0.342 e. The Hall–Kier alpha value is -1.41. The quantitative estimate of drug-likeness (QED) is 0.736. The monoisotopic (exact) mass is 365 g/mol. The molecule has 1 aliphatic carbocycles. The first-order valence-corrected chi connectivity index (χ1v) is 10.1. The lowest BCUT2D eigenvalue weighted by molar-refractivity contribution is -0.131. The number of hydrogen-bond donors (Lipinski definition) is 0. The molecule has 0 N–H and O–H groups in total. The second kappa shape index (κ2) is 8.11. The molecule has 0 aromatic carbocycles. The maximum Gasteiger partial charge on any atom is 0.235 e. The number of tetrazole rings is 1. The third-order valence-electron chi connectivity index (χ3n) is 4.48. The smallest absolute Gasteiger partial charge is 0.235 e. The zero-order chi connectivity index (χ0) is 16.9. The third kappa shape index (κ3) is 4.16. The van der Waals surface area contributed by atoms with Crippen LogP contribution in [0.25, 0.3) is 0 Å². The molecule has 24 heavy (non-hydrogen) atoms. The van der Waals surface area contributed by atoms with E-state index in [1.54, 1.807) is 16.0 Å². The van der Waals surface area contributed by atoms with E-state index in [-0.39, 0.29) is 11.2 Å². The zero-order valence-corrected chi connectivity index (χ0v) is 15.7. The Morgan fingerprint density at radius 2 is 2.25 bits per heavy atom. The van der Waals surface area contributed by atoms with Gasteiger partial charge in [0.1, 0.15) is 0 Å². The summed E-state index contributed by atoms with van der Waals surface area (Å²) in [5.41, 5.74) is 0. The highest BCUT2D eigenvalue weighted by molar-refractivity contribution is 8.00. The van der Waals surface area contributed by atoms with E-state index in [9.17, 15) is 4.79 Å². The first-order valence-electron chi connectivity index (χ1n) is 8.37. The van der Waals surface area contributed by atoms with Crippen molar-refractivity contribution in [2.45, 2.75) is 62.0 Å². The summed E-state index contributed by atoms with van der Waals surface area (Å²) < 4.78 is 1.76. The maximum atomic E-state index is 12.7. The molecule has 0 aliphatic heterocycles. The van der Waals surface area contributed by atoms with Crippen LogP contribution in [-0.2, 0) is 11.3 Å². The molecule has 0 spiro atoms. The fourth-order valence-corrected chi connectivity index (χ4v) is 4.65.